The molecule has 0 aliphatic heterocycles. The third-order valence-electron chi connectivity index (χ3n) is 4.38. The minimum Gasteiger partial charge on any atom is -0.506 e. The molecule has 2 N–H and O–H groups in total. The number of hydrogen-bond acceptors (Lipinski definition) is 5. The monoisotopic (exact) mass is 444 g/mol. The van der Waals surface area contributed by atoms with Gasteiger partial charge in [0.25, 0.3) is 0 Å². The molecule has 1 heterocycles. The van der Waals surface area contributed by atoms with Gasteiger partial charge >= 0.3 is 0 Å². The largest absolute Gasteiger partial charge is 0.506 e. The van der Waals surface area contributed by atoms with Crippen LogP contribution in [0.4, 0.5) is 5.69 Å². The molecule has 0 saturated carbocycles. The summed E-state index contributed by atoms with van der Waals surface area (Å²) in [5.74, 6) is 1.27. The Bertz CT molecular complexity index is 1020. The van der Waals surface area contributed by atoms with E-state index in [1.54, 1.807) is 18.2 Å². The molecule has 158 valence electrons. The smallest absolute Gasteiger partial charge is 0.234 e. The maximum atomic E-state index is 12.4. The Hall–Kier alpha value is -2.51. The standard InChI is InChI=1S/C22H25ClN4O2S/c1-14(2)12-27-20(11-16-5-7-17(23)8-6-16)25-26-22(27)30-13-21(29)24-18-10-15(3)4-9-19(18)28/h4-10,14,28H,11-13H2,1-3H3,(H,24,29). The number of thioether (sulfide) groups is 1. The predicted octanol–water partition coefficient (Wildman–Crippen LogP) is 4.92. The summed E-state index contributed by atoms with van der Waals surface area (Å²) in [6.07, 6.45) is 0.640. The van der Waals surface area contributed by atoms with Gasteiger partial charge in [-0.25, -0.2) is 0 Å². The number of phenolic OH excluding ortho intramolecular Hbond substituents is 1. The van der Waals surface area contributed by atoms with Crippen LogP contribution >= 0.6 is 23.4 Å². The van der Waals surface area contributed by atoms with Crippen molar-refractivity contribution < 1.29 is 9.90 Å². The number of rotatable bonds is 8. The summed E-state index contributed by atoms with van der Waals surface area (Å²) in [5, 5.41) is 22.7. The second kappa shape index (κ2) is 10.00. The second-order valence-electron chi connectivity index (χ2n) is 7.56. The molecule has 1 aromatic heterocycles. The van der Waals surface area contributed by atoms with E-state index in [-0.39, 0.29) is 17.4 Å². The molecular weight excluding hydrogens is 420 g/mol. The molecule has 30 heavy (non-hydrogen) atoms. The molecule has 0 spiro atoms. The molecule has 0 bridgehead atoms. The SMILES string of the molecule is Cc1ccc(O)c(NC(=O)CSc2nnc(Cc3ccc(Cl)cc3)n2CC(C)C)c1. The van der Waals surface area contributed by atoms with E-state index in [4.69, 9.17) is 11.6 Å². The number of carbonyl (C=O) groups excluding carboxylic acids is 1. The Labute approximate surface area is 185 Å². The van der Waals surface area contributed by atoms with Crippen LogP contribution in [0.5, 0.6) is 5.75 Å². The molecule has 3 aromatic rings. The zero-order chi connectivity index (χ0) is 21.7. The van der Waals surface area contributed by atoms with E-state index in [9.17, 15) is 9.90 Å². The lowest BCUT2D eigenvalue weighted by Gasteiger charge is -2.13. The van der Waals surface area contributed by atoms with E-state index in [0.717, 1.165) is 23.5 Å². The van der Waals surface area contributed by atoms with Crippen LogP contribution in [-0.4, -0.2) is 31.5 Å². The fourth-order valence-corrected chi connectivity index (χ4v) is 3.85. The fraction of sp³-hybridized carbons (Fsp3) is 0.318. The van der Waals surface area contributed by atoms with Gasteiger partial charge in [0.2, 0.25) is 5.91 Å². The number of aryl methyl sites for hydroxylation is 1. The number of hydrogen-bond donors (Lipinski definition) is 2. The van der Waals surface area contributed by atoms with E-state index >= 15 is 0 Å². The van der Waals surface area contributed by atoms with Crippen LogP contribution < -0.4 is 5.32 Å². The topological polar surface area (TPSA) is 80.0 Å². The zero-order valence-electron chi connectivity index (χ0n) is 17.2. The number of nitrogens with one attached hydrogen (secondary N) is 1. The fourth-order valence-electron chi connectivity index (χ4n) is 2.96. The first kappa shape index (κ1) is 22.2. The molecule has 0 aliphatic carbocycles. The van der Waals surface area contributed by atoms with Crippen molar-refractivity contribution in [3.8, 4) is 5.75 Å². The van der Waals surface area contributed by atoms with Gasteiger partial charge in [0.1, 0.15) is 11.6 Å². The van der Waals surface area contributed by atoms with Crippen molar-refractivity contribution in [2.24, 2.45) is 5.92 Å². The highest BCUT2D eigenvalue weighted by Gasteiger charge is 2.16. The first-order valence-electron chi connectivity index (χ1n) is 9.70. The van der Waals surface area contributed by atoms with Crippen LogP contribution in [0.25, 0.3) is 0 Å². The number of benzene rings is 2. The van der Waals surface area contributed by atoms with Crippen molar-refractivity contribution >= 4 is 35.0 Å². The summed E-state index contributed by atoms with van der Waals surface area (Å²) in [6, 6.07) is 12.8. The van der Waals surface area contributed by atoms with Crippen LogP contribution in [0.2, 0.25) is 5.02 Å². The normalized spacial score (nSPS) is 11.1. The average Bonchev–Trinajstić information content (AvgIpc) is 3.05. The first-order chi connectivity index (χ1) is 14.3. The number of aromatic hydroxyl groups is 1. The van der Waals surface area contributed by atoms with E-state index in [1.807, 2.05) is 31.2 Å². The number of carbonyl (C=O) groups is 1. The molecule has 8 heteroatoms. The van der Waals surface area contributed by atoms with E-state index in [1.165, 1.54) is 11.8 Å². The minimum atomic E-state index is -0.209. The molecule has 0 fully saturated rings. The highest BCUT2D eigenvalue weighted by molar-refractivity contribution is 7.99. The zero-order valence-corrected chi connectivity index (χ0v) is 18.8. The van der Waals surface area contributed by atoms with Gasteiger partial charge in [-0.2, -0.15) is 0 Å². The molecule has 3 rings (SSSR count). The maximum Gasteiger partial charge on any atom is 0.234 e. The maximum absolute atomic E-state index is 12.4. The first-order valence-corrected chi connectivity index (χ1v) is 11.1. The Balaban J connectivity index is 1.70. The van der Waals surface area contributed by atoms with Gasteiger partial charge in [0.05, 0.1) is 11.4 Å². The lowest BCUT2D eigenvalue weighted by Crippen LogP contribution is -2.16. The van der Waals surface area contributed by atoms with Gasteiger partial charge in [-0.15, -0.1) is 10.2 Å². The Kier molecular flexibility index (Phi) is 7.39. The molecule has 1 amide bonds. The molecule has 0 unspecified atom stereocenters. The summed E-state index contributed by atoms with van der Waals surface area (Å²) < 4.78 is 2.07. The van der Waals surface area contributed by atoms with Crippen molar-refractivity contribution in [1.82, 2.24) is 14.8 Å². The van der Waals surface area contributed by atoms with Gasteiger partial charge in [-0.05, 0) is 48.2 Å². The van der Waals surface area contributed by atoms with E-state index in [0.29, 0.717) is 28.2 Å². The number of halogens is 1. The van der Waals surface area contributed by atoms with Gasteiger partial charge < -0.3 is 15.0 Å². The van der Waals surface area contributed by atoms with Crippen molar-refractivity contribution in [2.45, 2.75) is 38.9 Å². The van der Waals surface area contributed by atoms with Crippen LogP contribution in [-0.2, 0) is 17.8 Å². The van der Waals surface area contributed by atoms with Crippen molar-refractivity contribution in [1.29, 1.82) is 0 Å². The van der Waals surface area contributed by atoms with Gasteiger partial charge in [0, 0.05) is 18.0 Å². The second-order valence-corrected chi connectivity index (χ2v) is 8.94. The number of aromatic nitrogens is 3. The number of phenols is 1. The van der Waals surface area contributed by atoms with Gasteiger partial charge in [-0.1, -0.05) is 55.4 Å². The average molecular weight is 445 g/mol. The molecule has 0 atom stereocenters. The summed E-state index contributed by atoms with van der Waals surface area (Å²) in [7, 11) is 0. The lowest BCUT2D eigenvalue weighted by molar-refractivity contribution is -0.113. The van der Waals surface area contributed by atoms with Gasteiger partial charge in [0.15, 0.2) is 5.16 Å². The molecule has 0 radical (unpaired) electrons. The Morgan fingerprint density at radius 2 is 1.93 bits per heavy atom. The quantitative estimate of drug-likeness (QED) is 0.380. The Morgan fingerprint density at radius 1 is 1.20 bits per heavy atom. The summed E-state index contributed by atoms with van der Waals surface area (Å²) in [6.45, 7) is 6.93. The number of amides is 1. The van der Waals surface area contributed by atoms with E-state index in [2.05, 4.69) is 33.9 Å². The lowest BCUT2D eigenvalue weighted by atomic mass is 10.1. The van der Waals surface area contributed by atoms with Crippen LogP contribution in [0, 0.1) is 12.8 Å². The molecule has 6 nitrogen and oxygen atoms in total. The Morgan fingerprint density at radius 3 is 2.63 bits per heavy atom. The highest BCUT2D eigenvalue weighted by atomic mass is 35.5. The van der Waals surface area contributed by atoms with Crippen molar-refractivity contribution in [3.63, 3.8) is 0 Å². The van der Waals surface area contributed by atoms with Crippen molar-refractivity contribution in [3.05, 3.63) is 64.4 Å². The highest BCUT2D eigenvalue weighted by Crippen LogP contribution is 2.25. The third kappa shape index (κ3) is 6.00. The molecule has 2 aromatic carbocycles. The van der Waals surface area contributed by atoms with Crippen LogP contribution in [0.15, 0.2) is 47.6 Å². The molecule has 0 saturated heterocycles. The van der Waals surface area contributed by atoms with Crippen LogP contribution in [0.3, 0.4) is 0 Å². The minimum absolute atomic E-state index is 0.0483. The molecular formula is C22H25ClN4O2S. The number of nitrogens with zero attached hydrogens (tertiary/aromatic N) is 3. The van der Waals surface area contributed by atoms with E-state index < -0.39 is 0 Å². The predicted molar refractivity (Wildman–Crippen MR) is 121 cm³/mol. The molecule has 0 aliphatic rings. The summed E-state index contributed by atoms with van der Waals surface area (Å²) in [5.41, 5.74) is 2.47. The van der Waals surface area contributed by atoms with Gasteiger partial charge in [-0.3, -0.25) is 4.79 Å². The summed E-state index contributed by atoms with van der Waals surface area (Å²) >= 11 is 7.31. The number of anilines is 1. The van der Waals surface area contributed by atoms with Crippen LogP contribution in [0.1, 0.15) is 30.8 Å². The third-order valence-corrected chi connectivity index (χ3v) is 5.59. The summed E-state index contributed by atoms with van der Waals surface area (Å²) in [4.78, 5) is 12.4. The van der Waals surface area contributed by atoms with Crippen molar-refractivity contribution in [2.75, 3.05) is 11.1 Å².